The Hall–Kier alpha value is -1.68. The second-order valence-corrected chi connectivity index (χ2v) is 4.87. The summed E-state index contributed by atoms with van der Waals surface area (Å²) in [6.45, 7) is 3.57. The summed E-state index contributed by atoms with van der Waals surface area (Å²) in [5, 5.41) is 3.23. The lowest BCUT2D eigenvalue weighted by atomic mass is 10.1. The van der Waals surface area contributed by atoms with Gasteiger partial charge in [-0.3, -0.25) is 9.59 Å². The molecule has 2 atom stereocenters. The first-order valence-electron chi connectivity index (χ1n) is 6.40. The van der Waals surface area contributed by atoms with Gasteiger partial charge in [0.15, 0.2) is 0 Å². The highest BCUT2D eigenvalue weighted by Gasteiger charge is 2.59. The molecule has 1 aromatic rings. The molecule has 3 rings (SSSR count). The van der Waals surface area contributed by atoms with Gasteiger partial charge in [-0.05, 0) is 24.6 Å². The van der Waals surface area contributed by atoms with E-state index in [-0.39, 0.29) is 23.7 Å². The summed E-state index contributed by atoms with van der Waals surface area (Å²) in [5.41, 5.74) is 1.75. The number of imide groups is 1. The van der Waals surface area contributed by atoms with E-state index in [4.69, 9.17) is 0 Å². The average molecular weight is 244 g/mol. The van der Waals surface area contributed by atoms with E-state index in [9.17, 15) is 9.59 Å². The van der Waals surface area contributed by atoms with Crippen LogP contribution in [-0.4, -0.2) is 18.4 Å². The third-order valence-electron chi connectivity index (χ3n) is 3.66. The Balaban J connectivity index is 1.92. The van der Waals surface area contributed by atoms with Crippen molar-refractivity contribution in [3.05, 3.63) is 29.8 Å². The van der Waals surface area contributed by atoms with Crippen LogP contribution in [-0.2, 0) is 16.1 Å². The predicted molar refractivity (Wildman–Crippen MR) is 67.9 cm³/mol. The number of benzene rings is 1. The highest BCUT2D eigenvalue weighted by Crippen LogP contribution is 2.48. The van der Waals surface area contributed by atoms with Gasteiger partial charge in [-0.1, -0.05) is 25.1 Å². The summed E-state index contributed by atoms with van der Waals surface area (Å²) < 4.78 is 0. The number of nitrogens with one attached hydrogen (secondary N) is 1. The lowest BCUT2D eigenvalue weighted by Gasteiger charge is -2.20. The van der Waals surface area contributed by atoms with E-state index < -0.39 is 0 Å². The van der Waals surface area contributed by atoms with Crippen LogP contribution in [0.15, 0.2) is 24.3 Å². The first kappa shape index (κ1) is 11.4. The molecule has 1 saturated heterocycles. The normalized spacial score (nSPS) is 25.5. The molecule has 0 spiro atoms. The quantitative estimate of drug-likeness (QED) is 0.812. The maximum Gasteiger partial charge on any atom is 0.237 e. The number of anilines is 1. The summed E-state index contributed by atoms with van der Waals surface area (Å²) in [6.07, 6.45) is 0.754. The molecule has 2 aliphatic rings. The van der Waals surface area contributed by atoms with E-state index in [1.54, 1.807) is 0 Å². The number of hydrogen-bond acceptors (Lipinski definition) is 3. The zero-order valence-electron chi connectivity index (χ0n) is 10.3. The number of carbonyl (C=O) groups excluding carboxylic acids is 2. The number of fused-ring (bicyclic) bond motifs is 1. The number of para-hydroxylation sites is 1. The van der Waals surface area contributed by atoms with E-state index >= 15 is 0 Å². The number of piperidine rings is 1. The second kappa shape index (κ2) is 4.21. The van der Waals surface area contributed by atoms with E-state index in [2.05, 4.69) is 5.32 Å². The minimum Gasteiger partial charge on any atom is -0.313 e. The van der Waals surface area contributed by atoms with Gasteiger partial charge in [-0.25, -0.2) is 4.90 Å². The summed E-state index contributed by atoms with van der Waals surface area (Å²) >= 11 is 0. The Bertz CT molecular complexity index is 492. The molecule has 1 aliphatic carbocycles. The van der Waals surface area contributed by atoms with Gasteiger partial charge in [0.2, 0.25) is 11.8 Å². The molecule has 1 aromatic carbocycles. The van der Waals surface area contributed by atoms with Crippen molar-refractivity contribution in [2.24, 2.45) is 11.8 Å². The molecule has 2 fully saturated rings. The van der Waals surface area contributed by atoms with Crippen molar-refractivity contribution in [3.8, 4) is 0 Å². The van der Waals surface area contributed by atoms with Crippen LogP contribution in [0, 0.1) is 11.8 Å². The fourth-order valence-corrected chi connectivity index (χ4v) is 2.56. The zero-order valence-corrected chi connectivity index (χ0v) is 10.3. The fraction of sp³-hybridized carbons (Fsp3) is 0.429. The zero-order chi connectivity index (χ0) is 12.7. The molecule has 2 unspecified atom stereocenters. The van der Waals surface area contributed by atoms with Gasteiger partial charge in [0.25, 0.3) is 0 Å². The van der Waals surface area contributed by atoms with Crippen LogP contribution in [0.25, 0.3) is 0 Å². The van der Waals surface area contributed by atoms with Gasteiger partial charge < -0.3 is 5.32 Å². The lowest BCUT2D eigenvalue weighted by molar-refractivity contribution is -0.123. The minimum atomic E-state index is -0.0373. The lowest BCUT2D eigenvalue weighted by Crippen LogP contribution is -2.34. The van der Waals surface area contributed by atoms with Crippen molar-refractivity contribution >= 4 is 17.5 Å². The van der Waals surface area contributed by atoms with Crippen LogP contribution in [0.1, 0.15) is 18.9 Å². The maximum absolute atomic E-state index is 12.1. The Kier molecular flexibility index (Phi) is 2.67. The topological polar surface area (TPSA) is 49.4 Å². The van der Waals surface area contributed by atoms with Crippen LogP contribution < -0.4 is 10.2 Å². The summed E-state index contributed by atoms with van der Waals surface area (Å²) in [6, 6.07) is 7.62. The van der Waals surface area contributed by atoms with Gasteiger partial charge in [-0.15, -0.1) is 0 Å². The molecule has 2 amide bonds. The highest BCUT2D eigenvalue weighted by molar-refractivity contribution is 6.25. The third kappa shape index (κ3) is 1.64. The Labute approximate surface area is 106 Å². The van der Waals surface area contributed by atoms with Crippen molar-refractivity contribution in [1.82, 2.24) is 5.32 Å². The predicted octanol–water partition coefficient (Wildman–Crippen LogP) is 1.31. The largest absolute Gasteiger partial charge is 0.313 e. The molecule has 1 N–H and O–H groups in total. The molecule has 4 nitrogen and oxygen atoms in total. The minimum absolute atomic E-state index is 0.0195. The van der Waals surface area contributed by atoms with Gasteiger partial charge in [0.05, 0.1) is 17.5 Å². The molecule has 1 aliphatic heterocycles. The van der Waals surface area contributed by atoms with Crippen molar-refractivity contribution < 1.29 is 9.59 Å². The first-order valence-corrected chi connectivity index (χ1v) is 6.40. The number of hydrogen-bond donors (Lipinski definition) is 1. The second-order valence-electron chi connectivity index (χ2n) is 4.87. The van der Waals surface area contributed by atoms with Crippen LogP contribution in [0.3, 0.4) is 0 Å². The molecule has 0 radical (unpaired) electrons. The first-order chi connectivity index (χ1) is 8.74. The van der Waals surface area contributed by atoms with E-state index in [0.717, 1.165) is 24.2 Å². The van der Waals surface area contributed by atoms with Crippen LogP contribution in [0.4, 0.5) is 5.69 Å². The molecular weight excluding hydrogens is 228 g/mol. The average Bonchev–Trinajstić information content (AvgIpc) is 3.13. The number of amides is 2. The van der Waals surface area contributed by atoms with Crippen molar-refractivity contribution in [2.45, 2.75) is 19.9 Å². The van der Waals surface area contributed by atoms with Crippen LogP contribution in [0.5, 0.6) is 0 Å². The molecule has 94 valence electrons. The van der Waals surface area contributed by atoms with Crippen molar-refractivity contribution in [1.29, 1.82) is 0 Å². The standard InChI is InChI=1S/C14H16N2O2/c1-2-15-8-9-5-3-4-6-12(9)16-13(17)10-7-11(10)14(16)18/h3-6,10-11,15H,2,7-8H2,1H3. The van der Waals surface area contributed by atoms with E-state index in [1.165, 1.54) is 4.90 Å². The maximum atomic E-state index is 12.1. The van der Waals surface area contributed by atoms with Gasteiger partial charge >= 0.3 is 0 Å². The molecule has 0 aromatic heterocycles. The van der Waals surface area contributed by atoms with Gasteiger partial charge in [-0.2, -0.15) is 0 Å². The molecular formula is C14H16N2O2. The van der Waals surface area contributed by atoms with E-state index in [0.29, 0.717) is 6.54 Å². The SMILES string of the molecule is CCNCc1ccccc1N1C(=O)C2CC2C1=O. The Morgan fingerprint density at radius 3 is 2.56 bits per heavy atom. The molecule has 0 bridgehead atoms. The number of nitrogens with zero attached hydrogens (tertiary/aromatic N) is 1. The summed E-state index contributed by atoms with van der Waals surface area (Å²) in [4.78, 5) is 25.5. The molecule has 1 heterocycles. The van der Waals surface area contributed by atoms with Gasteiger partial charge in [0, 0.05) is 6.54 Å². The van der Waals surface area contributed by atoms with Crippen LogP contribution in [0.2, 0.25) is 0 Å². The highest BCUT2D eigenvalue weighted by atomic mass is 16.2. The Morgan fingerprint density at radius 1 is 1.22 bits per heavy atom. The molecule has 4 heteroatoms. The monoisotopic (exact) mass is 244 g/mol. The number of carbonyl (C=O) groups is 2. The fourth-order valence-electron chi connectivity index (χ4n) is 2.56. The molecule has 18 heavy (non-hydrogen) atoms. The van der Waals surface area contributed by atoms with Crippen molar-refractivity contribution in [2.75, 3.05) is 11.4 Å². The smallest absolute Gasteiger partial charge is 0.237 e. The van der Waals surface area contributed by atoms with E-state index in [1.807, 2.05) is 31.2 Å². The Morgan fingerprint density at radius 2 is 1.89 bits per heavy atom. The van der Waals surface area contributed by atoms with Crippen molar-refractivity contribution in [3.63, 3.8) is 0 Å². The third-order valence-corrected chi connectivity index (χ3v) is 3.66. The van der Waals surface area contributed by atoms with Gasteiger partial charge in [0.1, 0.15) is 0 Å². The number of rotatable bonds is 4. The summed E-state index contributed by atoms with van der Waals surface area (Å²) in [5.74, 6) is -0.114. The van der Waals surface area contributed by atoms with Crippen LogP contribution >= 0.6 is 0 Å². The summed E-state index contributed by atoms with van der Waals surface area (Å²) in [7, 11) is 0. The molecule has 1 saturated carbocycles.